The summed E-state index contributed by atoms with van der Waals surface area (Å²) in [6.45, 7) is 2.63. The predicted octanol–water partition coefficient (Wildman–Crippen LogP) is 5.19. The molecule has 1 fully saturated rings. The Labute approximate surface area is 193 Å². The van der Waals surface area contributed by atoms with Crippen LogP contribution in [0.15, 0.2) is 91.0 Å². The molecule has 4 rings (SSSR count). The molecule has 1 saturated heterocycles. The van der Waals surface area contributed by atoms with Gasteiger partial charge in [0.05, 0.1) is 6.10 Å². The van der Waals surface area contributed by atoms with Crippen molar-refractivity contribution in [3.05, 3.63) is 108 Å². The van der Waals surface area contributed by atoms with Crippen LogP contribution in [0.5, 0.6) is 0 Å². The first-order chi connectivity index (χ1) is 15.8. The van der Waals surface area contributed by atoms with Gasteiger partial charge >= 0.3 is 0 Å². The highest BCUT2D eigenvalue weighted by molar-refractivity contribution is 5.20. The molecular formula is C29H36N2O. The van der Waals surface area contributed by atoms with Crippen LogP contribution in [0, 0.1) is 0 Å². The van der Waals surface area contributed by atoms with Crippen LogP contribution in [0.2, 0.25) is 0 Å². The van der Waals surface area contributed by atoms with Gasteiger partial charge in [0, 0.05) is 25.2 Å². The zero-order valence-electron chi connectivity index (χ0n) is 18.9. The van der Waals surface area contributed by atoms with Crippen LogP contribution in [0.4, 0.5) is 0 Å². The molecule has 0 aromatic heterocycles. The molecule has 3 atom stereocenters. The fourth-order valence-corrected chi connectivity index (χ4v) is 4.86. The van der Waals surface area contributed by atoms with E-state index in [4.69, 9.17) is 0 Å². The summed E-state index contributed by atoms with van der Waals surface area (Å²) in [5, 5.41) is 15.4. The van der Waals surface area contributed by atoms with E-state index < -0.39 is 6.10 Å². The van der Waals surface area contributed by atoms with E-state index in [0.29, 0.717) is 0 Å². The van der Waals surface area contributed by atoms with E-state index in [0.717, 1.165) is 32.5 Å². The summed E-state index contributed by atoms with van der Waals surface area (Å²) in [4.78, 5) is 2.48. The van der Waals surface area contributed by atoms with Crippen molar-refractivity contribution in [3.63, 3.8) is 0 Å². The Balaban J connectivity index is 1.64. The first-order valence-electron chi connectivity index (χ1n) is 12.1. The molecule has 168 valence electrons. The van der Waals surface area contributed by atoms with Crippen molar-refractivity contribution in [2.75, 3.05) is 6.54 Å². The average molecular weight is 429 g/mol. The fraction of sp³-hybridized carbons (Fsp3) is 0.379. The quantitative estimate of drug-likeness (QED) is 0.492. The van der Waals surface area contributed by atoms with Gasteiger partial charge in [-0.15, -0.1) is 0 Å². The lowest BCUT2D eigenvalue weighted by Gasteiger charge is -2.38. The standard InChI is InChI=1S/C29H36N2O/c32-29(27-19-11-4-12-20-30-27)28(21-24-13-5-1-6-14-24)31(22-25-15-7-2-8-16-25)23-26-17-9-3-10-18-26/h1-3,5-10,13-18,27-30,32H,4,11-12,19-23H2/t27?,28-,29+/m1/s1. The predicted molar refractivity (Wildman–Crippen MR) is 132 cm³/mol. The number of nitrogens with zero attached hydrogens (tertiary/aromatic N) is 1. The summed E-state index contributed by atoms with van der Waals surface area (Å²) >= 11 is 0. The van der Waals surface area contributed by atoms with Crippen molar-refractivity contribution in [2.45, 2.75) is 63.4 Å². The molecule has 0 amide bonds. The molecule has 3 aromatic carbocycles. The number of benzene rings is 3. The minimum Gasteiger partial charge on any atom is -0.390 e. The van der Waals surface area contributed by atoms with Crippen LogP contribution in [-0.4, -0.2) is 34.7 Å². The maximum Gasteiger partial charge on any atom is 0.0851 e. The zero-order valence-corrected chi connectivity index (χ0v) is 18.9. The second-order valence-corrected chi connectivity index (χ2v) is 9.03. The molecule has 3 heteroatoms. The van der Waals surface area contributed by atoms with Gasteiger partial charge in [0.2, 0.25) is 0 Å². The number of aliphatic hydroxyl groups excluding tert-OH is 1. The SMILES string of the molecule is O[C@@H](C1CCCCCN1)[C@@H](Cc1ccccc1)N(Cc1ccccc1)Cc1ccccc1. The Morgan fingerprint density at radius 1 is 0.719 bits per heavy atom. The fourth-order valence-electron chi connectivity index (χ4n) is 4.86. The highest BCUT2D eigenvalue weighted by atomic mass is 16.3. The first kappa shape index (κ1) is 22.7. The van der Waals surface area contributed by atoms with E-state index in [1.54, 1.807) is 0 Å². The molecule has 0 bridgehead atoms. The van der Waals surface area contributed by atoms with Gasteiger partial charge < -0.3 is 10.4 Å². The summed E-state index contributed by atoms with van der Waals surface area (Å²) in [6.07, 6.45) is 5.07. The molecule has 1 heterocycles. The van der Waals surface area contributed by atoms with Gasteiger partial charge in [-0.1, -0.05) is 104 Å². The molecule has 0 radical (unpaired) electrons. The Bertz CT molecular complexity index is 851. The average Bonchev–Trinajstić information content (AvgIpc) is 3.13. The molecular weight excluding hydrogens is 392 g/mol. The molecule has 1 unspecified atom stereocenters. The van der Waals surface area contributed by atoms with Gasteiger partial charge in [-0.05, 0) is 42.5 Å². The highest BCUT2D eigenvalue weighted by Crippen LogP contribution is 2.23. The lowest BCUT2D eigenvalue weighted by atomic mass is 9.92. The van der Waals surface area contributed by atoms with Crippen LogP contribution in [0.1, 0.15) is 42.4 Å². The van der Waals surface area contributed by atoms with E-state index in [-0.39, 0.29) is 12.1 Å². The Morgan fingerprint density at radius 3 is 1.81 bits per heavy atom. The molecule has 0 saturated carbocycles. The summed E-state index contributed by atoms with van der Waals surface area (Å²) in [5.74, 6) is 0. The van der Waals surface area contributed by atoms with Crippen molar-refractivity contribution < 1.29 is 5.11 Å². The maximum absolute atomic E-state index is 11.7. The van der Waals surface area contributed by atoms with Crippen LogP contribution in [-0.2, 0) is 19.5 Å². The van der Waals surface area contributed by atoms with Gasteiger partial charge in [0.15, 0.2) is 0 Å². The summed E-state index contributed by atoms with van der Waals surface area (Å²) in [7, 11) is 0. The molecule has 2 N–H and O–H groups in total. The smallest absolute Gasteiger partial charge is 0.0851 e. The third kappa shape index (κ3) is 6.52. The molecule has 3 aromatic rings. The number of hydrogen-bond donors (Lipinski definition) is 2. The van der Waals surface area contributed by atoms with E-state index >= 15 is 0 Å². The Kier molecular flexibility index (Phi) is 8.49. The number of hydrogen-bond acceptors (Lipinski definition) is 3. The molecule has 0 spiro atoms. The second-order valence-electron chi connectivity index (χ2n) is 9.03. The minimum absolute atomic E-state index is 0.0217. The van der Waals surface area contributed by atoms with Crippen LogP contribution < -0.4 is 5.32 Å². The zero-order chi connectivity index (χ0) is 22.0. The second kappa shape index (κ2) is 12.0. The number of nitrogens with one attached hydrogen (secondary N) is 1. The van der Waals surface area contributed by atoms with Crippen molar-refractivity contribution in [3.8, 4) is 0 Å². The van der Waals surface area contributed by atoms with Crippen molar-refractivity contribution in [1.82, 2.24) is 10.2 Å². The third-order valence-corrected chi connectivity index (χ3v) is 6.62. The maximum atomic E-state index is 11.7. The van der Waals surface area contributed by atoms with E-state index in [1.807, 2.05) is 0 Å². The Morgan fingerprint density at radius 2 is 1.25 bits per heavy atom. The van der Waals surface area contributed by atoms with Gasteiger partial charge in [-0.25, -0.2) is 0 Å². The summed E-state index contributed by atoms with van der Waals surface area (Å²) in [6, 6.07) is 32.1. The first-order valence-corrected chi connectivity index (χ1v) is 12.1. The molecule has 1 aliphatic rings. The largest absolute Gasteiger partial charge is 0.390 e. The lowest BCUT2D eigenvalue weighted by Crippen LogP contribution is -2.53. The molecule has 3 nitrogen and oxygen atoms in total. The normalized spacial score (nSPS) is 18.8. The van der Waals surface area contributed by atoms with Gasteiger partial charge in [-0.3, -0.25) is 4.90 Å². The van der Waals surface area contributed by atoms with Crippen LogP contribution >= 0.6 is 0 Å². The van der Waals surface area contributed by atoms with Crippen molar-refractivity contribution >= 4 is 0 Å². The van der Waals surface area contributed by atoms with Crippen LogP contribution in [0.3, 0.4) is 0 Å². The Hall–Kier alpha value is -2.46. The van der Waals surface area contributed by atoms with Crippen molar-refractivity contribution in [1.29, 1.82) is 0 Å². The summed E-state index contributed by atoms with van der Waals surface area (Å²) < 4.78 is 0. The van der Waals surface area contributed by atoms with Crippen LogP contribution in [0.25, 0.3) is 0 Å². The third-order valence-electron chi connectivity index (χ3n) is 6.62. The summed E-state index contributed by atoms with van der Waals surface area (Å²) in [5.41, 5.74) is 3.83. The van der Waals surface area contributed by atoms with Gasteiger partial charge in [0.25, 0.3) is 0 Å². The highest BCUT2D eigenvalue weighted by Gasteiger charge is 2.32. The topological polar surface area (TPSA) is 35.5 Å². The minimum atomic E-state index is -0.430. The molecule has 0 aliphatic carbocycles. The monoisotopic (exact) mass is 428 g/mol. The van der Waals surface area contributed by atoms with E-state index in [1.165, 1.54) is 36.0 Å². The van der Waals surface area contributed by atoms with Gasteiger partial charge in [0.1, 0.15) is 0 Å². The number of aliphatic hydroxyl groups is 1. The number of rotatable bonds is 9. The molecule has 32 heavy (non-hydrogen) atoms. The van der Waals surface area contributed by atoms with E-state index in [9.17, 15) is 5.11 Å². The van der Waals surface area contributed by atoms with Crippen molar-refractivity contribution in [2.24, 2.45) is 0 Å². The molecule has 1 aliphatic heterocycles. The lowest BCUT2D eigenvalue weighted by molar-refractivity contribution is 0.0142. The van der Waals surface area contributed by atoms with E-state index in [2.05, 4.69) is 101 Å². The van der Waals surface area contributed by atoms with Gasteiger partial charge in [-0.2, -0.15) is 0 Å².